The molecule has 0 aliphatic rings. The van der Waals surface area contributed by atoms with Crippen molar-refractivity contribution < 1.29 is 32.2 Å². The lowest BCUT2D eigenvalue weighted by Gasteiger charge is -2.09. The summed E-state index contributed by atoms with van der Waals surface area (Å²) in [7, 11) is 0. The van der Waals surface area contributed by atoms with E-state index in [1.54, 1.807) is 30.3 Å². The van der Waals surface area contributed by atoms with Crippen LogP contribution in [0, 0.1) is 23.7 Å². The maximum atomic E-state index is 13.8. The summed E-state index contributed by atoms with van der Waals surface area (Å²) in [5.41, 5.74) is -0.0270. The van der Waals surface area contributed by atoms with Gasteiger partial charge in [-0.3, -0.25) is 0 Å². The second-order valence-electron chi connectivity index (χ2n) is 8.12. The Hall–Kier alpha value is -5.01. The van der Waals surface area contributed by atoms with Gasteiger partial charge in [0.15, 0.2) is 0 Å². The molecular weight excluding hydrogens is 493 g/mol. The number of hydrogen-bond acceptors (Lipinski definition) is 4. The third-order valence-electron chi connectivity index (χ3n) is 4.84. The SMILES string of the molecule is C=C(C)C(=O)Oc1cccc(C#Cc2ccc(C#Cc3ccccc3OC(=O)C(=C)C)cc2C(F)(F)F)c1. The molecule has 0 aliphatic carbocycles. The van der Waals surface area contributed by atoms with Crippen molar-refractivity contribution in [2.24, 2.45) is 0 Å². The maximum Gasteiger partial charge on any atom is 0.417 e. The molecule has 3 aromatic carbocycles. The van der Waals surface area contributed by atoms with Gasteiger partial charge in [-0.25, -0.2) is 9.59 Å². The van der Waals surface area contributed by atoms with Gasteiger partial charge < -0.3 is 9.47 Å². The average molecular weight is 514 g/mol. The van der Waals surface area contributed by atoms with Crippen LogP contribution in [0.15, 0.2) is 91.0 Å². The van der Waals surface area contributed by atoms with Gasteiger partial charge in [0.25, 0.3) is 0 Å². The maximum absolute atomic E-state index is 13.8. The number of esters is 2. The molecule has 0 heterocycles. The first-order chi connectivity index (χ1) is 17.9. The Morgan fingerprint density at radius 1 is 0.711 bits per heavy atom. The van der Waals surface area contributed by atoms with Crippen LogP contribution >= 0.6 is 0 Å². The zero-order valence-electron chi connectivity index (χ0n) is 20.5. The smallest absolute Gasteiger partial charge is 0.417 e. The number of rotatable bonds is 4. The van der Waals surface area contributed by atoms with Gasteiger partial charge in [0.1, 0.15) is 11.5 Å². The molecule has 0 N–H and O–H groups in total. The van der Waals surface area contributed by atoms with E-state index in [0.29, 0.717) is 11.1 Å². The number of benzene rings is 3. The number of halogens is 3. The molecule has 0 saturated carbocycles. The molecule has 0 radical (unpaired) electrons. The second kappa shape index (κ2) is 11.8. The van der Waals surface area contributed by atoms with E-state index in [4.69, 9.17) is 9.47 Å². The van der Waals surface area contributed by atoms with Crippen molar-refractivity contribution in [3.05, 3.63) is 119 Å². The molecule has 0 saturated heterocycles. The summed E-state index contributed by atoms with van der Waals surface area (Å²) in [6.45, 7) is 10.0. The van der Waals surface area contributed by atoms with E-state index in [1.807, 2.05) is 0 Å². The van der Waals surface area contributed by atoms with Crippen molar-refractivity contribution in [1.29, 1.82) is 0 Å². The van der Waals surface area contributed by atoms with Gasteiger partial charge in [-0.1, -0.05) is 55.0 Å². The fraction of sp³-hybridized carbons (Fsp3) is 0.0968. The van der Waals surface area contributed by atoms with Crippen LogP contribution in [0.4, 0.5) is 13.2 Å². The standard InChI is InChI=1S/C31H21F3O4/c1-20(2)29(35)37-26-10-7-8-22(18-26)12-15-24-16-13-23(19-27(24)31(32,33)34)14-17-25-9-5-6-11-28(25)38-30(36)21(3)4/h5-11,13,16,18-19H,1,3H2,2,4H3. The monoisotopic (exact) mass is 514 g/mol. The third-order valence-corrected chi connectivity index (χ3v) is 4.84. The van der Waals surface area contributed by atoms with E-state index in [-0.39, 0.29) is 33.8 Å². The lowest BCUT2D eigenvalue weighted by atomic mass is 10.0. The topological polar surface area (TPSA) is 52.6 Å². The highest BCUT2D eigenvalue weighted by molar-refractivity contribution is 5.89. The predicted octanol–water partition coefficient (Wildman–Crippen LogP) is 6.47. The van der Waals surface area contributed by atoms with Crippen molar-refractivity contribution in [3.63, 3.8) is 0 Å². The van der Waals surface area contributed by atoms with Crippen LogP contribution in [0.1, 0.15) is 41.7 Å². The van der Waals surface area contributed by atoms with Crippen LogP contribution in [-0.4, -0.2) is 11.9 Å². The van der Waals surface area contributed by atoms with Crippen LogP contribution in [0.25, 0.3) is 0 Å². The van der Waals surface area contributed by atoms with Crippen LogP contribution in [-0.2, 0) is 15.8 Å². The minimum atomic E-state index is -4.69. The highest BCUT2D eigenvalue weighted by atomic mass is 19.4. The highest BCUT2D eigenvalue weighted by Crippen LogP contribution is 2.32. The Kier molecular flexibility index (Phi) is 8.57. The molecule has 0 amide bonds. The van der Waals surface area contributed by atoms with Crippen molar-refractivity contribution in [2.75, 3.05) is 0 Å². The summed E-state index contributed by atoms with van der Waals surface area (Å²) in [5.74, 6) is 9.75. The predicted molar refractivity (Wildman–Crippen MR) is 137 cm³/mol. The highest BCUT2D eigenvalue weighted by Gasteiger charge is 2.33. The number of carbonyl (C=O) groups excluding carboxylic acids is 2. The molecular formula is C31H21F3O4. The number of para-hydroxylation sites is 1. The fourth-order valence-electron chi connectivity index (χ4n) is 2.92. The van der Waals surface area contributed by atoms with Gasteiger partial charge in [-0.2, -0.15) is 13.2 Å². The summed E-state index contributed by atoms with van der Waals surface area (Å²) in [6.07, 6.45) is -4.69. The summed E-state index contributed by atoms with van der Waals surface area (Å²) in [4.78, 5) is 23.6. The van der Waals surface area contributed by atoms with Gasteiger partial charge in [0, 0.05) is 27.8 Å². The molecule has 0 unspecified atom stereocenters. The quantitative estimate of drug-likeness (QED) is 0.173. The minimum Gasteiger partial charge on any atom is -0.423 e. The Morgan fingerprint density at radius 3 is 1.97 bits per heavy atom. The van der Waals surface area contributed by atoms with E-state index < -0.39 is 23.7 Å². The molecule has 190 valence electrons. The Balaban J connectivity index is 1.93. The van der Waals surface area contributed by atoms with Gasteiger partial charge in [0.05, 0.1) is 11.1 Å². The van der Waals surface area contributed by atoms with Crippen LogP contribution in [0.3, 0.4) is 0 Å². The van der Waals surface area contributed by atoms with Gasteiger partial charge in [0.2, 0.25) is 0 Å². The zero-order valence-corrected chi connectivity index (χ0v) is 20.5. The van der Waals surface area contributed by atoms with Gasteiger partial charge >= 0.3 is 18.1 Å². The molecule has 0 fully saturated rings. The van der Waals surface area contributed by atoms with Crippen LogP contribution in [0.2, 0.25) is 0 Å². The first-order valence-corrected chi connectivity index (χ1v) is 11.1. The first kappa shape index (κ1) is 27.6. The molecule has 0 aromatic heterocycles. The van der Waals surface area contributed by atoms with E-state index in [2.05, 4.69) is 36.8 Å². The van der Waals surface area contributed by atoms with E-state index in [0.717, 1.165) is 6.07 Å². The molecule has 0 spiro atoms. The second-order valence-corrected chi connectivity index (χ2v) is 8.12. The van der Waals surface area contributed by atoms with E-state index in [9.17, 15) is 22.8 Å². The molecule has 38 heavy (non-hydrogen) atoms. The Bertz CT molecular complexity index is 1560. The van der Waals surface area contributed by atoms with Gasteiger partial charge in [-0.15, -0.1) is 0 Å². The summed E-state index contributed by atoms with van der Waals surface area (Å²) < 4.78 is 51.9. The van der Waals surface area contributed by atoms with Crippen molar-refractivity contribution in [3.8, 4) is 35.2 Å². The lowest BCUT2D eigenvalue weighted by Crippen LogP contribution is -2.09. The van der Waals surface area contributed by atoms with E-state index in [1.165, 1.54) is 44.2 Å². The van der Waals surface area contributed by atoms with Crippen molar-refractivity contribution in [1.82, 2.24) is 0 Å². The third kappa shape index (κ3) is 7.49. The molecule has 7 heteroatoms. The normalized spacial score (nSPS) is 10.2. The number of ether oxygens (including phenoxy) is 2. The lowest BCUT2D eigenvalue weighted by molar-refractivity contribution is -0.137. The van der Waals surface area contributed by atoms with Crippen molar-refractivity contribution in [2.45, 2.75) is 20.0 Å². The largest absolute Gasteiger partial charge is 0.423 e. The Morgan fingerprint density at radius 2 is 1.32 bits per heavy atom. The van der Waals surface area contributed by atoms with E-state index >= 15 is 0 Å². The van der Waals surface area contributed by atoms with Crippen molar-refractivity contribution >= 4 is 11.9 Å². The van der Waals surface area contributed by atoms with Crippen LogP contribution in [0.5, 0.6) is 11.5 Å². The molecule has 0 atom stereocenters. The number of alkyl halides is 3. The number of carbonyl (C=O) groups is 2. The van der Waals surface area contributed by atoms with Gasteiger partial charge in [-0.05, 0) is 62.4 Å². The number of hydrogen-bond donors (Lipinski definition) is 0. The van der Waals surface area contributed by atoms with Crippen LogP contribution < -0.4 is 9.47 Å². The zero-order chi connectivity index (χ0) is 27.9. The Labute approximate surface area is 218 Å². The molecule has 3 rings (SSSR count). The molecule has 3 aromatic rings. The molecule has 0 bridgehead atoms. The summed E-state index contributed by atoms with van der Waals surface area (Å²) >= 11 is 0. The average Bonchev–Trinajstić information content (AvgIpc) is 2.86. The fourth-order valence-corrected chi connectivity index (χ4v) is 2.92. The summed E-state index contributed by atoms with van der Waals surface area (Å²) in [6, 6.07) is 16.1. The minimum absolute atomic E-state index is 0.0950. The molecule has 4 nitrogen and oxygen atoms in total. The first-order valence-electron chi connectivity index (χ1n) is 11.1. The summed E-state index contributed by atoms with van der Waals surface area (Å²) in [5, 5.41) is 0. The molecule has 0 aliphatic heterocycles.